The van der Waals surface area contributed by atoms with Crippen molar-refractivity contribution in [2.24, 2.45) is 0 Å². The molecule has 0 fully saturated rings. The van der Waals surface area contributed by atoms with Crippen molar-refractivity contribution in [3.8, 4) is 0 Å². The Morgan fingerprint density at radius 3 is 2.67 bits per heavy atom. The molecule has 6 nitrogen and oxygen atoms in total. The average molecular weight is 406 g/mol. The molecule has 140 valence electrons. The number of halogens is 2. The van der Waals surface area contributed by atoms with Gasteiger partial charge in [0.25, 0.3) is 5.91 Å². The Bertz CT molecular complexity index is 970. The maximum absolute atomic E-state index is 12.4. The minimum absolute atomic E-state index is 0.134. The topological polar surface area (TPSA) is 72.7 Å². The predicted octanol–water partition coefficient (Wildman–Crippen LogP) is 4.06. The minimum Gasteiger partial charge on any atom is -0.448 e. The molecular weight excluding hydrogens is 389 g/mol. The third-order valence-corrected chi connectivity index (χ3v) is 4.58. The number of esters is 1. The molecule has 0 spiro atoms. The fraction of sp³-hybridized carbons (Fsp3) is 0.211. The highest BCUT2D eigenvalue weighted by atomic mass is 35.5. The molecule has 0 saturated carbocycles. The second kappa shape index (κ2) is 7.98. The molecule has 0 bridgehead atoms. The Kier molecular flexibility index (Phi) is 5.68. The zero-order valence-corrected chi connectivity index (χ0v) is 16.2. The van der Waals surface area contributed by atoms with Gasteiger partial charge in [-0.05, 0) is 43.7 Å². The van der Waals surface area contributed by atoms with Crippen molar-refractivity contribution >= 4 is 40.7 Å². The average Bonchev–Trinajstić information content (AvgIpc) is 3.05. The first-order valence-corrected chi connectivity index (χ1v) is 9.01. The third kappa shape index (κ3) is 4.40. The van der Waals surface area contributed by atoms with Crippen LogP contribution in [-0.2, 0) is 9.53 Å². The van der Waals surface area contributed by atoms with E-state index in [1.807, 2.05) is 12.1 Å². The number of nitrogens with zero attached hydrogens (tertiary/aromatic N) is 2. The van der Waals surface area contributed by atoms with Crippen LogP contribution in [0.15, 0.2) is 48.8 Å². The van der Waals surface area contributed by atoms with E-state index in [1.54, 1.807) is 48.0 Å². The van der Waals surface area contributed by atoms with Crippen LogP contribution in [0.1, 0.15) is 35.9 Å². The van der Waals surface area contributed by atoms with E-state index in [9.17, 15) is 9.59 Å². The molecule has 3 aromatic rings. The molecule has 0 unspecified atom stereocenters. The van der Waals surface area contributed by atoms with Gasteiger partial charge in [-0.3, -0.25) is 4.79 Å². The van der Waals surface area contributed by atoms with E-state index in [0.717, 1.165) is 0 Å². The van der Waals surface area contributed by atoms with Gasteiger partial charge in [0.05, 0.1) is 6.04 Å². The van der Waals surface area contributed by atoms with Gasteiger partial charge in [-0.1, -0.05) is 35.3 Å². The zero-order chi connectivity index (χ0) is 19.6. The standard InChI is InChI=1S/C19H17Cl2N3O3/c1-11(14-7-6-13(20)9-15(14)21)22-18(25)12(2)27-19(26)16-10-24-8-4-3-5-17(24)23-16/h3-12H,1-2H3,(H,22,25)/t11-,12+/m1/s1. The summed E-state index contributed by atoms with van der Waals surface area (Å²) >= 11 is 12.0. The van der Waals surface area contributed by atoms with Gasteiger partial charge in [0, 0.05) is 22.4 Å². The molecule has 0 aliphatic rings. The number of aromatic nitrogens is 2. The van der Waals surface area contributed by atoms with Gasteiger partial charge in [0.2, 0.25) is 0 Å². The monoisotopic (exact) mass is 405 g/mol. The number of carbonyl (C=O) groups excluding carboxylic acids is 2. The lowest BCUT2D eigenvalue weighted by atomic mass is 10.1. The maximum atomic E-state index is 12.4. The Hall–Kier alpha value is -2.57. The van der Waals surface area contributed by atoms with E-state index in [1.165, 1.54) is 6.92 Å². The number of fused-ring (bicyclic) bond motifs is 1. The largest absolute Gasteiger partial charge is 0.448 e. The van der Waals surface area contributed by atoms with Crippen LogP contribution in [-0.4, -0.2) is 27.4 Å². The van der Waals surface area contributed by atoms with Gasteiger partial charge in [0.1, 0.15) is 5.65 Å². The lowest BCUT2D eigenvalue weighted by molar-refractivity contribution is -0.129. The molecule has 2 heterocycles. The van der Waals surface area contributed by atoms with Crippen LogP contribution in [0, 0.1) is 0 Å². The lowest BCUT2D eigenvalue weighted by Crippen LogP contribution is -2.37. The van der Waals surface area contributed by atoms with Crippen molar-refractivity contribution in [1.29, 1.82) is 0 Å². The zero-order valence-electron chi connectivity index (χ0n) is 14.6. The van der Waals surface area contributed by atoms with Crippen LogP contribution in [0.5, 0.6) is 0 Å². The number of amides is 1. The highest BCUT2D eigenvalue weighted by Gasteiger charge is 2.23. The molecule has 2 aromatic heterocycles. The summed E-state index contributed by atoms with van der Waals surface area (Å²) in [4.78, 5) is 28.8. The smallest absolute Gasteiger partial charge is 0.359 e. The number of imidazole rings is 1. The van der Waals surface area contributed by atoms with Crippen molar-refractivity contribution in [1.82, 2.24) is 14.7 Å². The highest BCUT2D eigenvalue weighted by Crippen LogP contribution is 2.26. The number of benzene rings is 1. The minimum atomic E-state index is -0.990. The summed E-state index contributed by atoms with van der Waals surface area (Å²) in [7, 11) is 0. The Balaban J connectivity index is 1.63. The van der Waals surface area contributed by atoms with Crippen LogP contribution >= 0.6 is 23.2 Å². The molecule has 0 aliphatic heterocycles. The van der Waals surface area contributed by atoms with Crippen LogP contribution in [0.4, 0.5) is 0 Å². The first-order valence-electron chi connectivity index (χ1n) is 8.25. The molecule has 2 atom stereocenters. The van der Waals surface area contributed by atoms with Crippen molar-refractivity contribution < 1.29 is 14.3 Å². The normalized spacial score (nSPS) is 13.2. The fourth-order valence-corrected chi connectivity index (χ4v) is 3.14. The summed E-state index contributed by atoms with van der Waals surface area (Å²) in [5, 5.41) is 3.73. The number of rotatable bonds is 5. The van der Waals surface area contributed by atoms with Crippen molar-refractivity contribution in [3.63, 3.8) is 0 Å². The predicted molar refractivity (Wildman–Crippen MR) is 103 cm³/mol. The summed E-state index contributed by atoms with van der Waals surface area (Å²) in [5.41, 5.74) is 1.47. The van der Waals surface area contributed by atoms with Crippen molar-refractivity contribution in [2.75, 3.05) is 0 Å². The summed E-state index contributed by atoms with van der Waals surface area (Å²) in [5.74, 6) is -1.11. The van der Waals surface area contributed by atoms with Gasteiger partial charge in [0.15, 0.2) is 11.8 Å². The van der Waals surface area contributed by atoms with Crippen molar-refractivity contribution in [2.45, 2.75) is 26.0 Å². The highest BCUT2D eigenvalue weighted by molar-refractivity contribution is 6.35. The Morgan fingerprint density at radius 2 is 1.96 bits per heavy atom. The number of nitrogens with one attached hydrogen (secondary N) is 1. The number of pyridine rings is 1. The summed E-state index contributed by atoms with van der Waals surface area (Å²) < 4.78 is 6.93. The molecular formula is C19H17Cl2N3O3. The van der Waals surface area contributed by atoms with Gasteiger partial charge in [-0.15, -0.1) is 0 Å². The Labute approximate surface area is 166 Å². The van der Waals surface area contributed by atoms with Gasteiger partial charge in [-0.2, -0.15) is 0 Å². The quantitative estimate of drug-likeness (QED) is 0.649. The van der Waals surface area contributed by atoms with E-state index >= 15 is 0 Å². The molecule has 0 saturated heterocycles. The second-order valence-corrected chi connectivity index (χ2v) is 6.88. The summed E-state index contributed by atoms with van der Waals surface area (Å²) in [6, 6.07) is 10.1. The van der Waals surface area contributed by atoms with Crippen LogP contribution in [0.2, 0.25) is 10.0 Å². The first-order chi connectivity index (χ1) is 12.8. The molecule has 1 aromatic carbocycles. The van der Waals surface area contributed by atoms with Crippen LogP contribution < -0.4 is 5.32 Å². The summed E-state index contributed by atoms with van der Waals surface area (Å²) in [6.45, 7) is 3.28. The first kappa shape index (κ1) is 19.2. The van der Waals surface area contributed by atoms with Crippen LogP contribution in [0.25, 0.3) is 5.65 Å². The number of ether oxygens (including phenoxy) is 1. The van der Waals surface area contributed by atoms with E-state index < -0.39 is 18.0 Å². The molecule has 0 radical (unpaired) electrons. The second-order valence-electron chi connectivity index (χ2n) is 6.04. The number of hydrogen-bond donors (Lipinski definition) is 1. The number of hydrogen-bond acceptors (Lipinski definition) is 4. The summed E-state index contributed by atoms with van der Waals surface area (Å²) in [6.07, 6.45) is 2.33. The molecule has 3 rings (SSSR count). The molecule has 1 N–H and O–H groups in total. The van der Waals surface area contributed by atoms with Crippen LogP contribution in [0.3, 0.4) is 0 Å². The van der Waals surface area contributed by atoms with Crippen molar-refractivity contribution in [3.05, 3.63) is 70.1 Å². The van der Waals surface area contributed by atoms with E-state index in [4.69, 9.17) is 27.9 Å². The molecule has 0 aliphatic carbocycles. The van der Waals surface area contributed by atoms with E-state index in [2.05, 4.69) is 10.3 Å². The SMILES string of the molecule is C[C@H](OC(=O)c1cn2ccccc2n1)C(=O)N[C@H](C)c1ccc(Cl)cc1Cl. The fourth-order valence-electron chi connectivity index (χ4n) is 2.57. The lowest BCUT2D eigenvalue weighted by Gasteiger charge is -2.19. The van der Waals surface area contributed by atoms with E-state index in [0.29, 0.717) is 21.3 Å². The van der Waals surface area contributed by atoms with Gasteiger partial charge in [-0.25, -0.2) is 9.78 Å². The molecule has 8 heteroatoms. The Morgan fingerprint density at radius 1 is 1.19 bits per heavy atom. The molecule has 27 heavy (non-hydrogen) atoms. The number of carbonyl (C=O) groups is 2. The van der Waals surface area contributed by atoms with E-state index in [-0.39, 0.29) is 11.7 Å². The van der Waals surface area contributed by atoms with Gasteiger partial charge < -0.3 is 14.5 Å². The maximum Gasteiger partial charge on any atom is 0.359 e. The third-order valence-electron chi connectivity index (χ3n) is 4.01. The molecule has 1 amide bonds. The van der Waals surface area contributed by atoms with Gasteiger partial charge >= 0.3 is 5.97 Å².